The molecule has 0 amide bonds. The van der Waals surface area contributed by atoms with Gasteiger partial charge in [0, 0.05) is 0 Å². The minimum absolute atomic E-state index is 0. The van der Waals surface area contributed by atoms with Gasteiger partial charge < -0.3 is 0 Å². The van der Waals surface area contributed by atoms with Gasteiger partial charge >= 0.3 is 0 Å². The van der Waals surface area contributed by atoms with Crippen molar-refractivity contribution in [1.29, 1.82) is 0 Å². The van der Waals surface area contributed by atoms with Gasteiger partial charge in [-0.1, -0.05) is 79.2 Å². The molecule has 0 rings (SSSR count). The third-order valence-corrected chi connectivity index (χ3v) is 1.06. The molecule has 0 aliphatic rings. The van der Waals surface area contributed by atoms with E-state index in [4.69, 9.17) is 0 Å². The molecule has 0 aliphatic heterocycles. The predicted octanol–water partition coefficient (Wildman–Crippen LogP) is 7.18. The molecule has 0 saturated heterocycles. The molecule has 0 aromatic carbocycles. The summed E-state index contributed by atoms with van der Waals surface area (Å²) in [6.45, 7) is 8.65. The van der Waals surface area contributed by atoms with Crippen LogP contribution in [0.4, 0.5) is 0 Å². The van der Waals surface area contributed by atoms with Crippen LogP contribution in [-0.4, -0.2) is 12.8 Å². The maximum absolute atomic E-state index is 2.21. The van der Waals surface area contributed by atoms with Crippen LogP contribution in [0.3, 0.4) is 0 Å². The van der Waals surface area contributed by atoms with Crippen LogP contribution in [0.15, 0.2) is 0 Å². The van der Waals surface area contributed by atoms with Gasteiger partial charge in [0.15, 0.2) is 0 Å². The molecule has 0 N–H and O–H groups in total. The predicted molar refractivity (Wildman–Crippen MR) is 87.9 cm³/mol. The second-order valence-electron chi connectivity index (χ2n) is 1.41. The maximum Gasteiger partial charge on any atom is -0.0385 e. The van der Waals surface area contributed by atoms with Gasteiger partial charge in [-0.3, -0.25) is 0 Å². The molecule has 0 aromatic rings. The van der Waals surface area contributed by atoms with E-state index in [1.165, 1.54) is 12.6 Å². The second-order valence-corrected chi connectivity index (χ2v) is 2.83. The fourth-order valence-corrected chi connectivity index (χ4v) is 0. The SMILES string of the molecule is C.C.C.C.C.C.C.CCC.CCPC. The first-order valence-corrected chi connectivity index (χ1v) is 4.68. The van der Waals surface area contributed by atoms with Gasteiger partial charge in [-0.2, -0.15) is 0 Å². The Hall–Kier alpha value is 0.430. The molecule has 1 heteroatoms. The Morgan fingerprint density at radius 3 is 0.714 bits per heavy atom. The molecule has 0 saturated carbocycles. The van der Waals surface area contributed by atoms with Crippen molar-refractivity contribution in [2.45, 2.75) is 79.2 Å². The summed E-state index contributed by atoms with van der Waals surface area (Å²) in [6.07, 6.45) is 2.60. The monoisotopic (exact) mass is 232 g/mol. The summed E-state index contributed by atoms with van der Waals surface area (Å²) >= 11 is 0. The number of hydrogen-bond donors (Lipinski definition) is 0. The van der Waals surface area contributed by atoms with Crippen molar-refractivity contribution in [2.75, 3.05) is 12.8 Å². The highest BCUT2D eigenvalue weighted by Gasteiger charge is 1.55. The van der Waals surface area contributed by atoms with Gasteiger partial charge in [0.1, 0.15) is 0 Å². The Kier molecular flexibility index (Phi) is 1110. The molecule has 102 valence electrons. The summed E-state index contributed by atoms with van der Waals surface area (Å²) in [5, 5.41) is 0. The Morgan fingerprint density at radius 1 is 0.643 bits per heavy atom. The van der Waals surface area contributed by atoms with Gasteiger partial charge in [0.2, 0.25) is 0 Å². The molecule has 0 aromatic heterocycles. The van der Waals surface area contributed by atoms with E-state index < -0.39 is 0 Å². The van der Waals surface area contributed by atoms with Crippen molar-refractivity contribution < 1.29 is 0 Å². The Labute approximate surface area is 101 Å². The zero-order chi connectivity index (χ0) is 6.12. The average molecular weight is 232 g/mol. The summed E-state index contributed by atoms with van der Waals surface area (Å²) in [7, 11) is 1.14. The molecule has 0 radical (unpaired) electrons. The summed E-state index contributed by atoms with van der Waals surface area (Å²) in [4.78, 5) is 0. The maximum atomic E-state index is 2.21. The van der Waals surface area contributed by atoms with Crippen LogP contribution in [0.1, 0.15) is 79.2 Å². The van der Waals surface area contributed by atoms with E-state index in [0.29, 0.717) is 0 Å². The van der Waals surface area contributed by atoms with Gasteiger partial charge in [0.05, 0.1) is 0 Å². The van der Waals surface area contributed by atoms with Crippen molar-refractivity contribution in [3.05, 3.63) is 0 Å². The first-order valence-electron chi connectivity index (χ1n) is 2.97. The Morgan fingerprint density at radius 2 is 0.714 bits per heavy atom. The van der Waals surface area contributed by atoms with E-state index in [-0.39, 0.29) is 52.0 Å². The molecule has 0 nitrogen and oxygen atoms in total. The van der Waals surface area contributed by atoms with Gasteiger partial charge in [-0.15, -0.1) is 8.58 Å². The van der Waals surface area contributed by atoms with Gasteiger partial charge in [-0.05, 0) is 12.8 Å². The lowest BCUT2D eigenvalue weighted by Gasteiger charge is -1.69. The number of hydrogen-bond acceptors (Lipinski definition) is 0. The minimum Gasteiger partial charge on any atom is -0.126 e. The van der Waals surface area contributed by atoms with E-state index in [2.05, 4.69) is 27.4 Å². The summed E-state index contributed by atoms with van der Waals surface area (Å²) in [5.74, 6) is 0. The molecule has 0 heterocycles. The molecule has 1 unspecified atom stereocenters. The fourth-order valence-electron chi connectivity index (χ4n) is 0. The summed E-state index contributed by atoms with van der Waals surface area (Å²) in [5.41, 5.74) is 0. The Balaban J connectivity index is -0.00000000344. The molecule has 0 aliphatic carbocycles. The lowest BCUT2D eigenvalue weighted by molar-refractivity contribution is 1.09. The Bertz CT molecular complexity index is 12.7. The normalized spacial score (nSPS) is 4.29. The molecule has 0 bridgehead atoms. The highest BCUT2D eigenvalue weighted by Crippen LogP contribution is 1.95. The van der Waals surface area contributed by atoms with Crippen LogP contribution in [0.5, 0.6) is 0 Å². The standard InChI is InChI=1S/C3H9P.C3H8.7CH4/c1-3-4-2;1-3-2;;;;;;;/h4H,3H2,1-2H3;3H2,1-2H3;7*1H4. The van der Waals surface area contributed by atoms with Crippen LogP contribution in [0.2, 0.25) is 0 Å². The zero-order valence-electron chi connectivity index (χ0n) is 5.91. The smallest absolute Gasteiger partial charge is 0.0385 e. The lowest BCUT2D eigenvalue weighted by Crippen LogP contribution is -1.47. The summed E-state index contributed by atoms with van der Waals surface area (Å²) < 4.78 is 0. The van der Waals surface area contributed by atoms with Crippen molar-refractivity contribution >= 4 is 8.58 Å². The molecule has 0 spiro atoms. The number of rotatable bonds is 1. The van der Waals surface area contributed by atoms with Crippen molar-refractivity contribution in [2.24, 2.45) is 0 Å². The van der Waals surface area contributed by atoms with Crippen molar-refractivity contribution in [3.63, 3.8) is 0 Å². The van der Waals surface area contributed by atoms with Crippen LogP contribution < -0.4 is 0 Å². The molecular weight excluding hydrogens is 187 g/mol. The van der Waals surface area contributed by atoms with E-state index >= 15 is 0 Å². The quantitative estimate of drug-likeness (QED) is 0.420. The van der Waals surface area contributed by atoms with E-state index in [0.717, 1.165) is 8.58 Å². The fraction of sp³-hybridized carbons (Fsp3) is 1.00. The lowest BCUT2D eigenvalue weighted by atomic mass is 10.6. The molecule has 14 heavy (non-hydrogen) atoms. The zero-order valence-corrected chi connectivity index (χ0v) is 6.91. The highest BCUT2D eigenvalue weighted by molar-refractivity contribution is 7.36. The largest absolute Gasteiger partial charge is 0.126 e. The molecule has 0 fully saturated rings. The minimum atomic E-state index is 0. The summed E-state index contributed by atoms with van der Waals surface area (Å²) in [6, 6.07) is 0. The average Bonchev–Trinajstić information content (AvgIpc) is 1.69. The third-order valence-electron chi connectivity index (χ3n) is 0.354. The van der Waals surface area contributed by atoms with Crippen molar-refractivity contribution in [3.8, 4) is 0 Å². The van der Waals surface area contributed by atoms with E-state index in [1.54, 1.807) is 0 Å². The highest BCUT2D eigenvalue weighted by atomic mass is 31.1. The third kappa shape index (κ3) is 794. The topological polar surface area (TPSA) is 0 Å². The van der Waals surface area contributed by atoms with Gasteiger partial charge in [0.25, 0.3) is 0 Å². The van der Waals surface area contributed by atoms with Crippen molar-refractivity contribution in [1.82, 2.24) is 0 Å². The van der Waals surface area contributed by atoms with Crippen LogP contribution in [-0.2, 0) is 0 Å². The van der Waals surface area contributed by atoms with Crippen LogP contribution in [0.25, 0.3) is 0 Å². The van der Waals surface area contributed by atoms with E-state index in [1.807, 2.05) is 0 Å². The van der Waals surface area contributed by atoms with Crippen LogP contribution >= 0.6 is 8.58 Å². The van der Waals surface area contributed by atoms with E-state index in [9.17, 15) is 0 Å². The van der Waals surface area contributed by atoms with Gasteiger partial charge in [-0.25, -0.2) is 0 Å². The first kappa shape index (κ1) is 88.3. The first-order chi connectivity index (χ1) is 3.33. The second kappa shape index (κ2) is 176. The molecule has 1 atom stereocenters. The molecular formula is C13H45P. The van der Waals surface area contributed by atoms with Crippen LogP contribution in [0, 0.1) is 0 Å².